The summed E-state index contributed by atoms with van der Waals surface area (Å²) in [6.45, 7) is 3.48. The van der Waals surface area contributed by atoms with Gasteiger partial charge in [0.05, 0.1) is 17.8 Å². The molecule has 5 heteroatoms. The van der Waals surface area contributed by atoms with Crippen LogP contribution in [0.5, 0.6) is 5.75 Å². The highest BCUT2D eigenvalue weighted by Crippen LogP contribution is 2.22. The number of hydrogen-bond donors (Lipinski definition) is 1. The van der Waals surface area contributed by atoms with Crippen molar-refractivity contribution < 1.29 is 13.2 Å². The summed E-state index contributed by atoms with van der Waals surface area (Å²) in [5.74, 6) is 0.637. The first kappa shape index (κ1) is 13.0. The van der Waals surface area contributed by atoms with Gasteiger partial charge in [0.2, 0.25) is 0 Å². The number of sulfone groups is 1. The van der Waals surface area contributed by atoms with Gasteiger partial charge in [0, 0.05) is 6.04 Å². The standard InChI is InChI=1S/C11H17NO3S/c1-8-6-10(4-5-11(8)15-3)16(13,14)7-9(2)12/h4-6,9H,7,12H2,1-3H3. The topological polar surface area (TPSA) is 69.4 Å². The molecule has 0 heterocycles. The molecule has 90 valence electrons. The van der Waals surface area contributed by atoms with Gasteiger partial charge in [-0.1, -0.05) is 0 Å². The molecule has 0 spiro atoms. The number of methoxy groups -OCH3 is 1. The third kappa shape index (κ3) is 2.96. The lowest BCUT2D eigenvalue weighted by atomic mass is 10.2. The highest BCUT2D eigenvalue weighted by Gasteiger charge is 2.17. The molecule has 1 atom stereocenters. The van der Waals surface area contributed by atoms with E-state index in [1.54, 1.807) is 32.2 Å². The third-order valence-corrected chi connectivity index (χ3v) is 4.14. The van der Waals surface area contributed by atoms with Crippen LogP contribution in [0, 0.1) is 6.92 Å². The van der Waals surface area contributed by atoms with Crippen LogP contribution in [-0.2, 0) is 9.84 Å². The maximum Gasteiger partial charge on any atom is 0.179 e. The van der Waals surface area contributed by atoms with Crippen LogP contribution in [0.1, 0.15) is 12.5 Å². The Labute approximate surface area is 96.3 Å². The monoisotopic (exact) mass is 243 g/mol. The molecule has 1 rings (SSSR count). The molecular weight excluding hydrogens is 226 g/mol. The lowest BCUT2D eigenvalue weighted by Crippen LogP contribution is -2.26. The summed E-state index contributed by atoms with van der Waals surface area (Å²) in [6.07, 6.45) is 0. The Hall–Kier alpha value is -1.07. The molecule has 0 saturated carbocycles. The first-order valence-electron chi connectivity index (χ1n) is 5.00. The lowest BCUT2D eigenvalue weighted by molar-refractivity contribution is 0.411. The summed E-state index contributed by atoms with van der Waals surface area (Å²) in [6, 6.07) is 4.44. The van der Waals surface area contributed by atoms with Crippen molar-refractivity contribution in [2.75, 3.05) is 12.9 Å². The number of rotatable bonds is 4. The molecule has 1 unspecified atom stereocenters. The van der Waals surface area contributed by atoms with E-state index in [-0.39, 0.29) is 11.8 Å². The molecule has 1 aromatic rings. The first-order valence-corrected chi connectivity index (χ1v) is 6.65. The van der Waals surface area contributed by atoms with E-state index < -0.39 is 9.84 Å². The smallest absolute Gasteiger partial charge is 0.179 e. The molecule has 16 heavy (non-hydrogen) atoms. The van der Waals surface area contributed by atoms with Crippen molar-refractivity contribution in [1.29, 1.82) is 0 Å². The van der Waals surface area contributed by atoms with Gasteiger partial charge >= 0.3 is 0 Å². The minimum absolute atomic E-state index is 0.0429. The maximum absolute atomic E-state index is 11.9. The quantitative estimate of drug-likeness (QED) is 0.860. The Morgan fingerprint density at radius 2 is 2.06 bits per heavy atom. The molecule has 0 aliphatic carbocycles. The van der Waals surface area contributed by atoms with Crippen molar-refractivity contribution >= 4 is 9.84 Å². The molecule has 0 fully saturated rings. The van der Waals surface area contributed by atoms with Crippen molar-refractivity contribution in [3.05, 3.63) is 23.8 Å². The molecule has 0 aromatic heterocycles. The van der Waals surface area contributed by atoms with Gasteiger partial charge in [-0.2, -0.15) is 0 Å². The molecule has 1 aromatic carbocycles. The third-order valence-electron chi connectivity index (χ3n) is 2.21. The second kappa shape index (κ2) is 4.84. The van der Waals surface area contributed by atoms with Gasteiger partial charge in [-0.15, -0.1) is 0 Å². The zero-order chi connectivity index (χ0) is 12.3. The Morgan fingerprint density at radius 1 is 1.44 bits per heavy atom. The Morgan fingerprint density at radius 3 is 2.50 bits per heavy atom. The number of hydrogen-bond acceptors (Lipinski definition) is 4. The number of benzene rings is 1. The molecule has 0 aliphatic heterocycles. The van der Waals surface area contributed by atoms with Crippen LogP contribution in [0.4, 0.5) is 0 Å². The van der Waals surface area contributed by atoms with Gasteiger partial charge in [0.15, 0.2) is 9.84 Å². The summed E-state index contributed by atoms with van der Waals surface area (Å²) in [5.41, 5.74) is 6.31. The summed E-state index contributed by atoms with van der Waals surface area (Å²) in [4.78, 5) is 0.295. The van der Waals surface area contributed by atoms with E-state index in [0.29, 0.717) is 10.6 Å². The summed E-state index contributed by atoms with van der Waals surface area (Å²) < 4.78 is 28.8. The summed E-state index contributed by atoms with van der Waals surface area (Å²) >= 11 is 0. The van der Waals surface area contributed by atoms with Crippen LogP contribution in [0.2, 0.25) is 0 Å². The van der Waals surface area contributed by atoms with Crippen molar-refractivity contribution in [3.8, 4) is 5.75 Å². The molecule has 0 saturated heterocycles. The predicted molar refractivity (Wildman–Crippen MR) is 63.4 cm³/mol. The maximum atomic E-state index is 11.9. The summed E-state index contributed by atoms with van der Waals surface area (Å²) in [5, 5.41) is 0. The fourth-order valence-corrected chi connectivity index (χ4v) is 3.00. The van der Waals surface area contributed by atoms with E-state index in [9.17, 15) is 8.42 Å². The number of aryl methyl sites for hydroxylation is 1. The van der Waals surface area contributed by atoms with Crippen molar-refractivity contribution in [3.63, 3.8) is 0 Å². The first-order chi connectivity index (χ1) is 7.36. The van der Waals surface area contributed by atoms with Gasteiger partial charge < -0.3 is 10.5 Å². The van der Waals surface area contributed by atoms with Gasteiger partial charge in [-0.3, -0.25) is 0 Å². The summed E-state index contributed by atoms with van der Waals surface area (Å²) in [7, 11) is -1.73. The van der Waals surface area contributed by atoms with E-state index in [2.05, 4.69) is 0 Å². The van der Waals surface area contributed by atoms with E-state index >= 15 is 0 Å². The minimum Gasteiger partial charge on any atom is -0.496 e. The van der Waals surface area contributed by atoms with Gasteiger partial charge in [-0.05, 0) is 37.6 Å². The largest absolute Gasteiger partial charge is 0.496 e. The normalized spacial score (nSPS) is 13.5. The van der Waals surface area contributed by atoms with Crippen LogP contribution in [0.15, 0.2) is 23.1 Å². The van der Waals surface area contributed by atoms with Crippen LogP contribution in [-0.4, -0.2) is 27.3 Å². The van der Waals surface area contributed by atoms with E-state index in [1.807, 2.05) is 6.92 Å². The van der Waals surface area contributed by atoms with Gasteiger partial charge in [0.25, 0.3) is 0 Å². The molecule has 0 radical (unpaired) electrons. The second-order valence-corrected chi connectivity index (χ2v) is 5.92. The predicted octanol–water partition coefficient (Wildman–Crippen LogP) is 1.12. The van der Waals surface area contributed by atoms with Crippen molar-refractivity contribution in [2.45, 2.75) is 24.8 Å². The average molecular weight is 243 g/mol. The van der Waals surface area contributed by atoms with Crippen LogP contribution < -0.4 is 10.5 Å². The van der Waals surface area contributed by atoms with Gasteiger partial charge in [0.1, 0.15) is 5.75 Å². The van der Waals surface area contributed by atoms with Crippen LogP contribution in [0.3, 0.4) is 0 Å². The van der Waals surface area contributed by atoms with Crippen molar-refractivity contribution in [2.24, 2.45) is 5.73 Å². The Bertz CT molecular complexity index is 466. The molecule has 0 aliphatic rings. The lowest BCUT2D eigenvalue weighted by Gasteiger charge is -2.10. The van der Waals surface area contributed by atoms with E-state index in [4.69, 9.17) is 10.5 Å². The second-order valence-electron chi connectivity index (χ2n) is 3.89. The van der Waals surface area contributed by atoms with Crippen LogP contribution >= 0.6 is 0 Å². The SMILES string of the molecule is COc1ccc(S(=O)(=O)CC(C)N)cc1C. The number of ether oxygens (including phenoxy) is 1. The average Bonchev–Trinajstić information content (AvgIpc) is 2.15. The zero-order valence-electron chi connectivity index (χ0n) is 9.73. The Kier molecular flexibility index (Phi) is 3.93. The molecule has 4 nitrogen and oxygen atoms in total. The molecule has 2 N–H and O–H groups in total. The van der Waals surface area contributed by atoms with E-state index in [0.717, 1.165) is 5.56 Å². The highest BCUT2D eigenvalue weighted by atomic mass is 32.2. The van der Waals surface area contributed by atoms with Crippen molar-refractivity contribution in [1.82, 2.24) is 0 Å². The zero-order valence-corrected chi connectivity index (χ0v) is 10.5. The molecule has 0 bridgehead atoms. The minimum atomic E-state index is -3.29. The number of nitrogens with two attached hydrogens (primary N) is 1. The molecular formula is C11H17NO3S. The Balaban J connectivity index is 3.10. The fourth-order valence-electron chi connectivity index (χ4n) is 1.49. The van der Waals surface area contributed by atoms with Gasteiger partial charge in [-0.25, -0.2) is 8.42 Å². The fraction of sp³-hybridized carbons (Fsp3) is 0.455. The van der Waals surface area contributed by atoms with Crippen LogP contribution in [0.25, 0.3) is 0 Å². The highest BCUT2D eigenvalue weighted by molar-refractivity contribution is 7.91. The molecule has 0 amide bonds. The van der Waals surface area contributed by atoms with E-state index in [1.165, 1.54) is 0 Å².